The van der Waals surface area contributed by atoms with E-state index in [1.54, 1.807) is 24.3 Å². The van der Waals surface area contributed by atoms with Crippen LogP contribution >= 0.6 is 11.6 Å². The third-order valence-electron chi connectivity index (χ3n) is 1.97. The lowest BCUT2D eigenvalue weighted by atomic mass is 10.3. The fourth-order valence-electron chi connectivity index (χ4n) is 1.21. The van der Waals surface area contributed by atoms with Gasteiger partial charge in [0.2, 0.25) is 0 Å². The van der Waals surface area contributed by atoms with Crippen molar-refractivity contribution >= 4 is 23.3 Å². The van der Waals surface area contributed by atoms with E-state index in [0.29, 0.717) is 17.3 Å². The first-order chi connectivity index (χ1) is 7.72. The van der Waals surface area contributed by atoms with Gasteiger partial charge in [-0.3, -0.25) is 0 Å². The number of nitrogens with one attached hydrogen (secondary N) is 3. The van der Waals surface area contributed by atoms with Crippen molar-refractivity contribution in [2.24, 2.45) is 0 Å². The van der Waals surface area contributed by atoms with Gasteiger partial charge in [0.1, 0.15) is 0 Å². The van der Waals surface area contributed by atoms with E-state index < -0.39 is 0 Å². The van der Waals surface area contributed by atoms with Crippen LogP contribution in [0.2, 0.25) is 5.02 Å². The van der Waals surface area contributed by atoms with Gasteiger partial charge in [-0.2, -0.15) is 0 Å². The van der Waals surface area contributed by atoms with E-state index in [1.165, 1.54) is 0 Å². The second-order valence-corrected chi connectivity index (χ2v) is 3.78. The molecule has 1 rings (SSSR count). The van der Waals surface area contributed by atoms with Gasteiger partial charge in [-0.1, -0.05) is 17.7 Å². The summed E-state index contributed by atoms with van der Waals surface area (Å²) in [6.07, 6.45) is 0.902. The van der Waals surface area contributed by atoms with Crippen molar-refractivity contribution in [1.82, 2.24) is 10.6 Å². The van der Waals surface area contributed by atoms with Crippen molar-refractivity contribution in [3.8, 4) is 0 Å². The van der Waals surface area contributed by atoms with Gasteiger partial charge in [-0.05, 0) is 38.2 Å². The van der Waals surface area contributed by atoms with Gasteiger partial charge < -0.3 is 16.0 Å². The Morgan fingerprint density at radius 2 is 2.19 bits per heavy atom. The van der Waals surface area contributed by atoms with Crippen LogP contribution in [0.5, 0.6) is 0 Å². The standard InChI is InChI=1S/C11H16ClN3O/c1-13-6-3-7-14-11(16)15-10-5-2-4-9(12)8-10/h2,4-5,8,13H,3,6-7H2,1H3,(H2,14,15,16). The number of carbonyl (C=O) groups excluding carboxylic acids is 1. The minimum Gasteiger partial charge on any atom is -0.338 e. The van der Waals surface area contributed by atoms with Crippen LogP contribution in [0, 0.1) is 0 Å². The molecule has 0 aliphatic heterocycles. The highest BCUT2D eigenvalue weighted by Crippen LogP contribution is 2.14. The zero-order chi connectivity index (χ0) is 11.8. The molecule has 0 saturated carbocycles. The quantitative estimate of drug-likeness (QED) is 0.692. The minimum atomic E-state index is -0.210. The van der Waals surface area contributed by atoms with Crippen LogP contribution in [0.3, 0.4) is 0 Å². The van der Waals surface area contributed by atoms with E-state index in [-0.39, 0.29) is 6.03 Å². The second-order valence-electron chi connectivity index (χ2n) is 3.35. The number of rotatable bonds is 5. The van der Waals surface area contributed by atoms with Gasteiger partial charge in [0.05, 0.1) is 0 Å². The Kier molecular flexibility index (Phi) is 5.67. The van der Waals surface area contributed by atoms with Gasteiger partial charge in [0.15, 0.2) is 0 Å². The normalized spacial score (nSPS) is 9.88. The average molecular weight is 242 g/mol. The molecule has 0 aromatic heterocycles. The monoisotopic (exact) mass is 241 g/mol. The number of halogens is 1. The first-order valence-corrected chi connectivity index (χ1v) is 5.55. The summed E-state index contributed by atoms with van der Waals surface area (Å²) >= 11 is 5.79. The van der Waals surface area contributed by atoms with E-state index >= 15 is 0 Å². The maximum atomic E-state index is 11.4. The molecule has 3 N–H and O–H groups in total. The van der Waals surface area contributed by atoms with Crippen LogP contribution < -0.4 is 16.0 Å². The predicted octanol–water partition coefficient (Wildman–Crippen LogP) is 2.07. The van der Waals surface area contributed by atoms with Gasteiger partial charge in [0, 0.05) is 17.3 Å². The molecular formula is C11H16ClN3O. The third kappa shape index (κ3) is 5.00. The summed E-state index contributed by atoms with van der Waals surface area (Å²) < 4.78 is 0. The summed E-state index contributed by atoms with van der Waals surface area (Å²) in [5, 5.41) is 9.07. The topological polar surface area (TPSA) is 53.2 Å². The molecule has 0 bridgehead atoms. The highest BCUT2D eigenvalue weighted by molar-refractivity contribution is 6.30. The zero-order valence-electron chi connectivity index (χ0n) is 9.22. The zero-order valence-corrected chi connectivity index (χ0v) is 9.97. The van der Waals surface area contributed by atoms with Crippen LogP contribution in [0.1, 0.15) is 6.42 Å². The smallest absolute Gasteiger partial charge is 0.319 e. The van der Waals surface area contributed by atoms with Gasteiger partial charge in [0.25, 0.3) is 0 Å². The number of hydrogen-bond acceptors (Lipinski definition) is 2. The van der Waals surface area contributed by atoms with Crippen LogP contribution in [-0.2, 0) is 0 Å². The first-order valence-electron chi connectivity index (χ1n) is 5.17. The molecule has 0 atom stereocenters. The van der Waals surface area contributed by atoms with Crippen molar-refractivity contribution in [2.45, 2.75) is 6.42 Å². The van der Waals surface area contributed by atoms with Crippen molar-refractivity contribution in [3.63, 3.8) is 0 Å². The van der Waals surface area contributed by atoms with Crippen LogP contribution in [0.4, 0.5) is 10.5 Å². The molecule has 0 saturated heterocycles. The Morgan fingerprint density at radius 1 is 1.38 bits per heavy atom. The molecule has 16 heavy (non-hydrogen) atoms. The largest absolute Gasteiger partial charge is 0.338 e. The minimum absolute atomic E-state index is 0.210. The molecule has 1 aromatic rings. The molecule has 0 fully saturated rings. The second kappa shape index (κ2) is 7.09. The molecular weight excluding hydrogens is 226 g/mol. The Hall–Kier alpha value is -1.26. The summed E-state index contributed by atoms with van der Waals surface area (Å²) in [6, 6.07) is 6.84. The summed E-state index contributed by atoms with van der Waals surface area (Å²) in [7, 11) is 1.88. The molecule has 0 aliphatic rings. The maximum Gasteiger partial charge on any atom is 0.319 e. The maximum absolute atomic E-state index is 11.4. The molecule has 0 radical (unpaired) electrons. The molecule has 0 aliphatic carbocycles. The molecule has 0 spiro atoms. The Morgan fingerprint density at radius 3 is 2.88 bits per heavy atom. The van der Waals surface area contributed by atoms with E-state index in [0.717, 1.165) is 13.0 Å². The number of urea groups is 1. The van der Waals surface area contributed by atoms with Crippen LogP contribution in [-0.4, -0.2) is 26.2 Å². The predicted molar refractivity (Wildman–Crippen MR) is 67.0 cm³/mol. The lowest BCUT2D eigenvalue weighted by Gasteiger charge is -2.07. The Balaban J connectivity index is 2.29. The lowest BCUT2D eigenvalue weighted by molar-refractivity contribution is 0.252. The Bertz CT molecular complexity index is 344. The van der Waals surface area contributed by atoms with Crippen molar-refractivity contribution in [2.75, 3.05) is 25.5 Å². The van der Waals surface area contributed by atoms with E-state index in [9.17, 15) is 4.79 Å². The van der Waals surface area contributed by atoms with E-state index in [4.69, 9.17) is 11.6 Å². The molecule has 2 amide bonds. The highest BCUT2D eigenvalue weighted by Gasteiger charge is 2.00. The third-order valence-corrected chi connectivity index (χ3v) is 2.21. The number of hydrogen-bond donors (Lipinski definition) is 3. The Labute approximate surface area is 100 Å². The molecule has 4 nitrogen and oxygen atoms in total. The summed E-state index contributed by atoms with van der Waals surface area (Å²) in [5.74, 6) is 0. The average Bonchev–Trinajstić information content (AvgIpc) is 2.24. The van der Waals surface area contributed by atoms with Crippen molar-refractivity contribution in [1.29, 1.82) is 0 Å². The van der Waals surface area contributed by atoms with Crippen molar-refractivity contribution in [3.05, 3.63) is 29.3 Å². The lowest BCUT2D eigenvalue weighted by Crippen LogP contribution is -2.30. The summed E-state index contributed by atoms with van der Waals surface area (Å²) in [4.78, 5) is 11.4. The van der Waals surface area contributed by atoms with Crippen molar-refractivity contribution < 1.29 is 4.79 Å². The summed E-state index contributed by atoms with van der Waals surface area (Å²) in [6.45, 7) is 1.53. The van der Waals surface area contributed by atoms with Crippen LogP contribution in [0.25, 0.3) is 0 Å². The number of amides is 2. The fraction of sp³-hybridized carbons (Fsp3) is 0.364. The highest BCUT2D eigenvalue weighted by atomic mass is 35.5. The number of anilines is 1. The molecule has 88 valence electrons. The first kappa shape index (κ1) is 12.8. The number of carbonyl (C=O) groups is 1. The fourth-order valence-corrected chi connectivity index (χ4v) is 1.40. The van der Waals surface area contributed by atoms with Gasteiger partial charge in [-0.25, -0.2) is 4.79 Å². The molecule has 1 aromatic carbocycles. The van der Waals surface area contributed by atoms with E-state index in [2.05, 4.69) is 16.0 Å². The molecule has 0 heterocycles. The van der Waals surface area contributed by atoms with E-state index in [1.807, 2.05) is 7.05 Å². The summed E-state index contributed by atoms with van der Waals surface area (Å²) in [5.41, 5.74) is 0.693. The van der Waals surface area contributed by atoms with Gasteiger partial charge in [-0.15, -0.1) is 0 Å². The van der Waals surface area contributed by atoms with Crippen LogP contribution in [0.15, 0.2) is 24.3 Å². The van der Waals surface area contributed by atoms with Gasteiger partial charge >= 0.3 is 6.03 Å². The SMILES string of the molecule is CNCCCNC(=O)Nc1cccc(Cl)c1. The molecule has 0 unspecified atom stereocenters. The number of benzene rings is 1. The molecule has 5 heteroatoms.